The molecule has 1 saturated heterocycles. The third kappa shape index (κ3) is 5.36. The number of sulfonamides is 1. The summed E-state index contributed by atoms with van der Waals surface area (Å²) in [6, 6.07) is 19.0. The lowest BCUT2D eigenvalue weighted by atomic mass is 10.2. The predicted molar refractivity (Wildman–Crippen MR) is 134 cm³/mol. The smallest absolute Gasteiger partial charge is 0.264 e. The lowest BCUT2D eigenvalue weighted by molar-refractivity contribution is -0.129. The Morgan fingerprint density at radius 3 is 2.31 bits per heavy atom. The molecule has 0 aliphatic carbocycles. The molecule has 3 aromatic carbocycles. The van der Waals surface area contributed by atoms with Crippen molar-refractivity contribution in [3.05, 3.63) is 83.6 Å². The van der Waals surface area contributed by atoms with Gasteiger partial charge in [0.2, 0.25) is 5.91 Å². The maximum atomic E-state index is 14.2. The topological polar surface area (TPSA) is 70.2 Å². The highest BCUT2D eigenvalue weighted by molar-refractivity contribution is 7.92. The van der Waals surface area contributed by atoms with Gasteiger partial charge >= 0.3 is 0 Å². The van der Waals surface area contributed by atoms with Crippen LogP contribution in [0.4, 0.5) is 15.8 Å². The zero-order valence-corrected chi connectivity index (χ0v) is 20.7. The molecule has 35 heavy (non-hydrogen) atoms. The molecule has 184 valence electrons. The molecule has 1 aliphatic rings. The number of rotatable bonds is 7. The summed E-state index contributed by atoms with van der Waals surface area (Å²) in [5.74, 6) is -0.425. The number of para-hydroxylation sites is 1. The number of methoxy groups -OCH3 is 1. The first-order chi connectivity index (χ1) is 16.8. The number of halogens is 2. The second-order valence-corrected chi connectivity index (χ2v) is 10.3. The number of hydrogen-bond donors (Lipinski definition) is 0. The first-order valence-corrected chi connectivity index (χ1v) is 12.8. The van der Waals surface area contributed by atoms with Crippen LogP contribution in [0.25, 0.3) is 0 Å². The summed E-state index contributed by atoms with van der Waals surface area (Å²) in [5.41, 5.74) is 0.652. The van der Waals surface area contributed by atoms with Crippen LogP contribution in [0.2, 0.25) is 5.02 Å². The van der Waals surface area contributed by atoms with Gasteiger partial charge in [-0.25, -0.2) is 12.8 Å². The van der Waals surface area contributed by atoms with Crippen LogP contribution < -0.4 is 13.9 Å². The molecule has 0 spiro atoms. The van der Waals surface area contributed by atoms with Crippen LogP contribution in [-0.2, 0) is 14.8 Å². The molecule has 0 atom stereocenters. The minimum absolute atomic E-state index is 0.0409. The number of hydrogen-bond acceptors (Lipinski definition) is 5. The zero-order valence-electron chi connectivity index (χ0n) is 19.1. The van der Waals surface area contributed by atoms with Crippen LogP contribution in [0.3, 0.4) is 0 Å². The first-order valence-electron chi connectivity index (χ1n) is 11.0. The Morgan fingerprint density at radius 1 is 1.00 bits per heavy atom. The minimum atomic E-state index is -4.11. The fourth-order valence-corrected chi connectivity index (χ4v) is 5.61. The van der Waals surface area contributed by atoms with Crippen LogP contribution in [0.5, 0.6) is 5.75 Å². The summed E-state index contributed by atoms with van der Waals surface area (Å²) in [5, 5.41) is 0.306. The lowest BCUT2D eigenvalue weighted by Gasteiger charge is -2.37. The summed E-state index contributed by atoms with van der Waals surface area (Å²) >= 11 is 6.18. The quantitative estimate of drug-likeness (QED) is 0.473. The number of ether oxygens (including phenoxy) is 1. The number of amides is 1. The van der Waals surface area contributed by atoms with E-state index in [1.165, 1.54) is 31.4 Å². The van der Waals surface area contributed by atoms with E-state index in [2.05, 4.69) is 0 Å². The van der Waals surface area contributed by atoms with E-state index in [1.54, 1.807) is 53.4 Å². The zero-order chi connectivity index (χ0) is 25.0. The summed E-state index contributed by atoms with van der Waals surface area (Å²) in [6.45, 7) is 1.09. The number of carbonyl (C=O) groups is 1. The molecule has 1 amide bonds. The maximum Gasteiger partial charge on any atom is 0.264 e. The summed E-state index contributed by atoms with van der Waals surface area (Å²) in [7, 11) is -2.69. The SMILES string of the molecule is COc1ccc(Cl)cc1N(CC(=O)N1CCN(c2ccccc2F)CC1)S(=O)(=O)c1ccccc1. The third-order valence-electron chi connectivity index (χ3n) is 5.85. The van der Waals surface area contributed by atoms with E-state index >= 15 is 0 Å². The van der Waals surface area contributed by atoms with E-state index in [1.807, 2.05) is 4.90 Å². The minimum Gasteiger partial charge on any atom is -0.495 e. The molecular weight excluding hydrogens is 493 g/mol. The summed E-state index contributed by atoms with van der Waals surface area (Å²) in [6.07, 6.45) is 0. The Hall–Kier alpha value is -3.30. The van der Waals surface area contributed by atoms with E-state index < -0.39 is 16.6 Å². The van der Waals surface area contributed by atoms with Gasteiger partial charge in [-0.3, -0.25) is 9.10 Å². The normalized spacial score (nSPS) is 14.0. The largest absolute Gasteiger partial charge is 0.495 e. The van der Waals surface area contributed by atoms with Crippen LogP contribution in [-0.4, -0.2) is 59.1 Å². The van der Waals surface area contributed by atoms with Gasteiger partial charge in [-0.05, 0) is 42.5 Å². The van der Waals surface area contributed by atoms with Crippen molar-refractivity contribution in [2.75, 3.05) is 49.0 Å². The molecular formula is C25H25ClFN3O4S. The number of benzene rings is 3. The van der Waals surface area contributed by atoms with Crippen LogP contribution >= 0.6 is 11.6 Å². The Kier molecular flexibility index (Phi) is 7.47. The van der Waals surface area contributed by atoms with Crippen molar-refractivity contribution >= 4 is 38.9 Å². The molecule has 1 aliphatic heterocycles. The van der Waals surface area contributed by atoms with Crippen LogP contribution in [0.15, 0.2) is 77.7 Å². The van der Waals surface area contributed by atoms with E-state index in [0.717, 1.165) is 4.31 Å². The number of carbonyl (C=O) groups excluding carboxylic acids is 1. The van der Waals surface area contributed by atoms with Gasteiger partial charge in [-0.1, -0.05) is 41.9 Å². The van der Waals surface area contributed by atoms with Crippen molar-refractivity contribution in [3.63, 3.8) is 0 Å². The van der Waals surface area contributed by atoms with E-state index in [9.17, 15) is 17.6 Å². The van der Waals surface area contributed by atoms with Gasteiger partial charge in [0.25, 0.3) is 10.0 Å². The van der Waals surface area contributed by atoms with Crippen molar-refractivity contribution in [2.24, 2.45) is 0 Å². The highest BCUT2D eigenvalue weighted by Gasteiger charge is 2.32. The lowest BCUT2D eigenvalue weighted by Crippen LogP contribution is -2.52. The van der Waals surface area contributed by atoms with Crippen molar-refractivity contribution in [2.45, 2.75) is 4.90 Å². The van der Waals surface area contributed by atoms with Gasteiger partial charge in [-0.15, -0.1) is 0 Å². The fourth-order valence-electron chi connectivity index (χ4n) is 4.01. The van der Waals surface area contributed by atoms with Gasteiger partial charge in [0, 0.05) is 31.2 Å². The van der Waals surface area contributed by atoms with Crippen molar-refractivity contribution in [1.29, 1.82) is 0 Å². The molecule has 10 heteroatoms. The van der Waals surface area contributed by atoms with Crippen molar-refractivity contribution in [3.8, 4) is 5.75 Å². The summed E-state index contributed by atoms with van der Waals surface area (Å²) < 4.78 is 47.8. The van der Waals surface area contributed by atoms with E-state index in [0.29, 0.717) is 36.9 Å². The molecule has 4 rings (SSSR count). The van der Waals surface area contributed by atoms with Crippen LogP contribution in [0, 0.1) is 5.82 Å². The standard InChI is InChI=1S/C25H25ClFN3O4S/c1-34-24-12-11-19(26)17-23(24)30(35(32,33)20-7-3-2-4-8-20)18-25(31)29-15-13-28(14-16-29)22-10-6-5-9-21(22)27/h2-12,17H,13-16,18H2,1H3. The van der Waals surface area contributed by atoms with Gasteiger partial charge in [0.15, 0.2) is 0 Å². The molecule has 0 bridgehead atoms. The average Bonchev–Trinajstić information content (AvgIpc) is 2.88. The molecule has 0 aromatic heterocycles. The Balaban J connectivity index is 1.59. The second kappa shape index (κ2) is 10.5. The molecule has 3 aromatic rings. The Morgan fingerprint density at radius 2 is 1.66 bits per heavy atom. The van der Waals surface area contributed by atoms with E-state index in [-0.39, 0.29) is 28.1 Å². The van der Waals surface area contributed by atoms with Gasteiger partial charge < -0.3 is 14.5 Å². The third-order valence-corrected chi connectivity index (χ3v) is 7.85. The molecule has 1 heterocycles. The number of nitrogens with zero attached hydrogens (tertiary/aromatic N) is 3. The van der Waals surface area contributed by atoms with Gasteiger partial charge in [-0.2, -0.15) is 0 Å². The van der Waals surface area contributed by atoms with Crippen molar-refractivity contribution in [1.82, 2.24) is 4.90 Å². The average molecular weight is 518 g/mol. The van der Waals surface area contributed by atoms with E-state index in [4.69, 9.17) is 16.3 Å². The van der Waals surface area contributed by atoms with Crippen LogP contribution in [0.1, 0.15) is 0 Å². The maximum absolute atomic E-state index is 14.2. The first kappa shape index (κ1) is 24.8. The monoisotopic (exact) mass is 517 g/mol. The fraction of sp³-hybridized carbons (Fsp3) is 0.240. The molecule has 0 saturated carbocycles. The predicted octanol–water partition coefficient (Wildman–Crippen LogP) is 4.03. The highest BCUT2D eigenvalue weighted by Crippen LogP contribution is 2.35. The van der Waals surface area contributed by atoms with Gasteiger partial charge in [0.1, 0.15) is 18.1 Å². The Bertz CT molecular complexity index is 1300. The molecule has 7 nitrogen and oxygen atoms in total. The Labute approximate surface area is 209 Å². The second-order valence-electron chi connectivity index (χ2n) is 7.96. The van der Waals surface area contributed by atoms with Gasteiger partial charge in [0.05, 0.1) is 23.4 Å². The molecule has 0 N–H and O–H groups in total. The van der Waals surface area contributed by atoms with Crippen molar-refractivity contribution < 1.29 is 22.3 Å². The highest BCUT2D eigenvalue weighted by atomic mass is 35.5. The molecule has 0 radical (unpaired) electrons. The number of anilines is 2. The molecule has 1 fully saturated rings. The molecule has 0 unspecified atom stereocenters. The number of piperazine rings is 1. The summed E-state index contributed by atoms with van der Waals surface area (Å²) in [4.78, 5) is 16.8.